The number of carbonyl (C=O) groups excluding carboxylic acids is 4. The van der Waals surface area contributed by atoms with Crippen LogP contribution in [0.3, 0.4) is 0 Å². The topological polar surface area (TPSA) is 114 Å². The van der Waals surface area contributed by atoms with Crippen LogP contribution in [0.5, 0.6) is 0 Å². The van der Waals surface area contributed by atoms with Crippen molar-refractivity contribution in [2.24, 2.45) is 5.92 Å². The number of hydrogen-bond acceptors (Lipinski definition) is 6. The molecule has 0 radical (unpaired) electrons. The van der Waals surface area contributed by atoms with Gasteiger partial charge >= 0.3 is 12.1 Å². The number of benzene rings is 1. The first-order valence-corrected chi connectivity index (χ1v) is 11.5. The van der Waals surface area contributed by atoms with Crippen molar-refractivity contribution in [1.29, 1.82) is 0 Å². The zero-order valence-electron chi connectivity index (χ0n) is 22.1. The number of alkyl carbamates (subject to hydrolysis) is 1. The lowest BCUT2D eigenvalue weighted by molar-refractivity contribution is -0.144. The molecule has 0 heterocycles. The van der Waals surface area contributed by atoms with E-state index in [-0.39, 0.29) is 19.0 Å². The molecule has 0 saturated carbocycles. The maximum Gasteiger partial charge on any atom is 0.408 e. The number of methoxy groups -OCH3 is 1. The van der Waals surface area contributed by atoms with Gasteiger partial charge in [0.15, 0.2) is 0 Å². The summed E-state index contributed by atoms with van der Waals surface area (Å²) in [5.74, 6) is -1.96. The number of carbonyl (C=O) groups is 4. The molecule has 9 nitrogen and oxygen atoms in total. The van der Waals surface area contributed by atoms with Crippen LogP contribution in [0.1, 0.15) is 57.4 Å². The van der Waals surface area contributed by atoms with Gasteiger partial charge in [-0.15, -0.1) is 6.58 Å². The molecule has 2 unspecified atom stereocenters. The highest BCUT2D eigenvalue weighted by Gasteiger charge is 2.37. The van der Waals surface area contributed by atoms with Gasteiger partial charge in [-0.05, 0) is 51.7 Å². The summed E-state index contributed by atoms with van der Waals surface area (Å²) >= 11 is 0. The van der Waals surface area contributed by atoms with E-state index in [1.165, 1.54) is 18.1 Å². The minimum atomic E-state index is -1.08. The van der Waals surface area contributed by atoms with E-state index < -0.39 is 41.6 Å². The summed E-state index contributed by atoms with van der Waals surface area (Å²) < 4.78 is 9.97. The number of hydrogen-bond donors (Lipinski definition) is 2. The van der Waals surface area contributed by atoms with E-state index in [1.807, 2.05) is 32.0 Å². The van der Waals surface area contributed by atoms with Gasteiger partial charge in [-0.1, -0.05) is 43.7 Å². The normalized spacial score (nSPS) is 12.8. The van der Waals surface area contributed by atoms with Crippen LogP contribution in [0.4, 0.5) is 4.79 Å². The largest absolute Gasteiger partial charge is 0.468 e. The monoisotopic (exact) mass is 489 g/mol. The van der Waals surface area contributed by atoms with Gasteiger partial charge in [-0.2, -0.15) is 0 Å². The SMILES string of the molecule is C=CCN(C(=O)C(NC(=O)OC(C)(C)C)C(C)C)C(C(=O)NCC(=O)OC)c1cc(C)ccc1C. The quantitative estimate of drug-likeness (QED) is 0.385. The average molecular weight is 490 g/mol. The Balaban J connectivity index is 3.49. The molecular formula is C26H39N3O6. The van der Waals surface area contributed by atoms with Gasteiger partial charge in [-0.25, -0.2) is 4.79 Å². The summed E-state index contributed by atoms with van der Waals surface area (Å²) in [5, 5.41) is 5.21. The van der Waals surface area contributed by atoms with E-state index in [9.17, 15) is 19.2 Å². The second-order valence-corrected chi connectivity index (χ2v) is 9.70. The Bertz CT molecular complexity index is 936. The van der Waals surface area contributed by atoms with Crippen molar-refractivity contribution < 1.29 is 28.7 Å². The molecule has 3 amide bonds. The number of rotatable bonds is 10. The zero-order valence-corrected chi connectivity index (χ0v) is 22.1. The molecule has 9 heteroatoms. The first kappa shape index (κ1) is 29.7. The first-order valence-electron chi connectivity index (χ1n) is 11.5. The van der Waals surface area contributed by atoms with Crippen molar-refractivity contribution in [3.8, 4) is 0 Å². The van der Waals surface area contributed by atoms with E-state index in [2.05, 4.69) is 21.9 Å². The van der Waals surface area contributed by atoms with Gasteiger partial charge in [0.25, 0.3) is 0 Å². The molecule has 2 atom stereocenters. The molecule has 194 valence electrons. The Morgan fingerprint density at radius 2 is 1.77 bits per heavy atom. The fraction of sp³-hybridized carbons (Fsp3) is 0.538. The Hall–Kier alpha value is -3.36. The molecule has 0 saturated heterocycles. The molecule has 2 N–H and O–H groups in total. The van der Waals surface area contributed by atoms with Crippen LogP contribution in [0.15, 0.2) is 30.9 Å². The number of aryl methyl sites for hydroxylation is 2. The Morgan fingerprint density at radius 3 is 2.29 bits per heavy atom. The molecular weight excluding hydrogens is 450 g/mol. The van der Waals surface area contributed by atoms with Crippen LogP contribution in [0.2, 0.25) is 0 Å². The molecule has 0 aromatic heterocycles. The van der Waals surface area contributed by atoms with E-state index >= 15 is 0 Å². The van der Waals surface area contributed by atoms with Crippen LogP contribution in [0, 0.1) is 19.8 Å². The van der Waals surface area contributed by atoms with Crippen LogP contribution in [-0.2, 0) is 23.9 Å². The van der Waals surface area contributed by atoms with Crippen LogP contribution in [-0.4, -0.2) is 60.6 Å². The van der Waals surface area contributed by atoms with Gasteiger partial charge in [0.05, 0.1) is 7.11 Å². The minimum absolute atomic E-state index is 0.0295. The van der Waals surface area contributed by atoms with Gasteiger partial charge < -0.3 is 25.0 Å². The molecule has 0 fully saturated rings. The lowest BCUT2D eigenvalue weighted by Gasteiger charge is -2.35. The summed E-state index contributed by atoms with van der Waals surface area (Å²) in [4.78, 5) is 52.7. The third kappa shape index (κ3) is 9.07. The highest BCUT2D eigenvalue weighted by molar-refractivity contribution is 5.93. The summed E-state index contributed by atoms with van der Waals surface area (Å²) in [5.41, 5.74) is 1.54. The lowest BCUT2D eigenvalue weighted by Crippen LogP contribution is -2.55. The fourth-order valence-corrected chi connectivity index (χ4v) is 3.42. The number of nitrogens with one attached hydrogen (secondary N) is 2. The Kier molecular flexibility index (Phi) is 11.0. The summed E-state index contributed by atoms with van der Waals surface area (Å²) in [6, 6.07) is 3.55. The van der Waals surface area contributed by atoms with Crippen molar-refractivity contribution in [1.82, 2.24) is 15.5 Å². The molecule has 0 aliphatic heterocycles. The van der Waals surface area contributed by atoms with Crippen molar-refractivity contribution in [2.75, 3.05) is 20.2 Å². The molecule has 0 aliphatic rings. The van der Waals surface area contributed by atoms with E-state index in [0.717, 1.165) is 11.1 Å². The molecule has 1 aromatic carbocycles. The van der Waals surface area contributed by atoms with Crippen molar-refractivity contribution >= 4 is 23.9 Å². The second kappa shape index (κ2) is 12.9. The molecule has 0 aliphatic carbocycles. The van der Waals surface area contributed by atoms with E-state index in [1.54, 1.807) is 34.6 Å². The predicted octanol–water partition coefficient (Wildman–Crippen LogP) is 3.20. The summed E-state index contributed by atoms with van der Waals surface area (Å²) in [6.45, 7) is 15.9. The smallest absolute Gasteiger partial charge is 0.408 e. The second-order valence-electron chi connectivity index (χ2n) is 9.70. The first-order chi connectivity index (χ1) is 16.2. The standard InChI is InChI=1S/C26H39N3O6/c1-10-13-29(24(32)21(16(2)3)28-25(33)35-26(6,7)8)22(23(31)27-15-20(30)34-9)19-14-17(4)11-12-18(19)5/h10-12,14,16,21-22H,1,13,15H2,2-9H3,(H,27,31)(H,28,33). The van der Waals surface area contributed by atoms with Gasteiger partial charge in [0, 0.05) is 6.54 Å². The average Bonchev–Trinajstić information content (AvgIpc) is 2.75. The van der Waals surface area contributed by atoms with Crippen molar-refractivity contribution in [3.05, 3.63) is 47.5 Å². The predicted molar refractivity (Wildman–Crippen MR) is 134 cm³/mol. The lowest BCUT2D eigenvalue weighted by atomic mass is 9.95. The number of ether oxygens (including phenoxy) is 2. The third-order valence-electron chi connectivity index (χ3n) is 5.14. The Morgan fingerprint density at radius 1 is 1.14 bits per heavy atom. The van der Waals surface area contributed by atoms with E-state index in [4.69, 9.17) is 4.74 Å². The minimum Gasteiger partial charge on any atom is -0.468 e. The van der Waals surface area contributed by atoms with E-state index in [0.29, 0.717) is 5.56 Å². The van der Waals surface area contributed by atoms with Gasteiger partial charge in [0.1, 0.15) is 24.2 Å². The molecule has 1 aromatic rings. The molecule has 0 spiro atoms. The fourth-order valence-electron chi connectivity index (χ4n) is 3.42. The van der Waals surface area contributed by atoms with Gasteiger partial charge in [-0.3, -0.25) is 14.4 Å². The summed E-state index contributed by atoms with van der Waals surface area (Å²) in [6.07, 6.45) is 0.774. The van der Waals surface area contributed by atoms with Gasteiger partial charge in [0.2, 0.25) is 11.8 Å². The van der Waals surface area contributed by atoms with Crippen LogP contribution in [0.25, 0.3) is 0 Å². The van der Waals surface area contributed by atoms with Crippen molar-refractivity contribution in [3.63, 3.8) is 0 Å². The Labute approximate surface area is 208 Å². The molecule has 35 heavy (non-hydrogen) atoms. The molecule has 1 rings (SSSR count). The maximum absolute atomic E-state index is 13.8. The molecule has 0 bridgehead atoms. The van der Waals surface area contributed by atoms with Crippen molar-refractivity contribution in [2.45, 2.75) is 66.2 Å². The number of esters is 1. The third-order valence-corrected chi connectivity index (χ3v) is 5.14. The number of nitrogens with zero attached hydrogens (tertiary/aromatic N) is 1. The van der Waals surface area contributed by atoms with Crippen LogP contribution < -0.4 is 10.6 Å². The summed E-state index contributed by atoms with van der Waals surface area (Å²) in [7, 11) is 1.22. The highest BCUT2D eigenvalue weighted by atomic mass is 16.6. The highest BCUT2D eigenvalue weighted by Crippen LogP contribution is 2.27. The number of amides is 3. The maximum atomic E-state index is 13.8. The van der Waals surface area contributed by atoms with Crippen LogP contribution >= 0.6 is 0 Å². The zero-order chi connectivity index (χ0) is 26.9.